The summed E-state index contributed by atoms with van der Waals surface area (Å²) >= 11 is 0. The van der Waals surface area contributed by atoms with E-state index in [-0.39, 0.29) is 50.1 Å². The highest BCUT2D eigenvalue weighted by atomic mass is 19.1. The third kappa shape index (κ3) is 5.41. The van der Waals surface area contributed by atoms with Crippen molar-refractivity contribution in [2.24, 2.45) is 0 Å². The monoisotopic (exact) mass is 436 g/mol. The van der Waals surface area contributed by atoms with Crippen LogP contribution in [0.5, 0.6) is 0 Å². The summed E-state index contributed by atoms with van der Waals surface area (Å²) in [6.45, 7) is 2.74. The van der Waals surface area contributed by atoms with Gasteiger partial charge in [0.1, 0.15) is 11.9 Å². The van der Waals surface area contributed by atoms with Crippen molar-refractivity contribution in [1.82, 2.24) is 9.80 Å². The van der Waals surface area contributed by atoms with Crippen LogP contribution in [0.3, 0.4) is 0 Å². The minimum absolute atomic E-state index is 0.0492. The molecule has 170 valence electrons. The van der Waals surface area contributed by atoms with Gasteiger partial charge in [-0.25, -0.2) is 4.39 Å². The van der Waals surface area contributed by atoms with Gasteiger partial charge < -0.3 is 29.1 Å². The zero-order chi connectivity index (χ0) is 21.8. The van der Waals surface area contributed by atoms with Gasteiger partial charge in [-0.2, -0.15) is 0 Å². The van der Waals surface area contributed by atoms with E-state index in [2.05, 4.69) is 0 Å². The Hall–Kier alpha value is -2.07. The summed E-state index contributed by atoms with van der Waals surface area (Å²) in [7, 11) is 0. The molecule has 3 saturated heterocycles. The van der Waals surface area contributed by atoms with Crippen molar-refractivity contribution in [3.05, 3.63) is 35.6 Å². The van der Waals surface area contributed by atoms with Gasteiger partial charge in [0.2, 0.25) is 5.91 Å². The lowest BCUT2D eigenvalue weighted by atomic mass is 9.94. The largest absolute Gasteiger partial charge is 0.389 e. The highest BCUT2D eigenvalue weighted by molar-refractivity contribution is 5.94. The smallest absolute Gasteiger partial charge is 0.254 e. The first kappa shape index (κ1) is 22.1. The van der Waals surface area contributed by atoms with Gasteiger partial charge in [0.05, 0.1) is 51.1 Å². The molecule has 9 heteroatoms. The van der Waals surface area contributed by atoms with Gasteiger partial charge in [0, 0.05) is 25.2 Å². The second kappa shape index (κ2) is 10.0. The average Bonchev–Trinajstić information content (AvgIpc) is 2.77. The Morgan fingerprint density at radius 1 is 1.06 bits per heavy atom. The van der Waals surface area contributed by atoms with Crippen LogP contribution < -0.4 is 0 Å². The first-order valence-electron chi connectivity index (χ1n) is 10.8. The van der Waals surface area contributed by atoms with Crippen LogP contribution in [0, 0.1) is 5.82 Å². The number of ether oxygens (including phenoxy) is 3. The topological polar surface area (TPSA) is 88.5 Å². The lowest BCUT2D eigenvalue weighted by Gasteiger charge is -2.44. The second-order valence-electron chi connectivity index (χ2n) is 8.29. The van der Waals surface area contributed by atoms with E-state index in [0.29, 0.717) is 44.7 Å². The van der Waals surface area contributed by atoms with Gasteiger partial charge in [0.15, 0.2) is 0 Å². The summed E-state index contributed by atoms with van der Waals surface area (Å²) < 4.78 is 30.4. The molecular weight excluding hydrogens is 407 g/mol. The SMILES string of the molecule is O=C(C[C@H]1CC[C@H]2[C@@H](COC[C@@H](O)CN2C(=O)c2ccc(F)cc2)O1)N1CCOCC1. The molecule has 4 atom stereocenters. The molecule has 1 aromatic carbocycles. The number of morpholine rings is 1. The molecule has 0 aliphatic carbocycles. The van der Waals surface area contributed by atoms with Gasteiger partial charge in [-0.05, 0) is 37.1 Å². The first-order valence-corrected chi connectivity index (χ1v) is 10.8. The number of carbonyl (C=O) groups excluding carboxylic acids is 2. The number of rotatable bonds is 3. The summed E-state index contributed by atoms with van der Waals surface area (Å²) in [4.78, 5) is 29.2. The third-order valence-electron chi connectivity index (χ3n) is 6.10. The quantitative estimate of drug-likeness (QED) is 0.755. The number of aliphatic hydroxyl groups excluding tert-OH is 1. The van der Waals surface area contributed by atoms with Crippen molar-refractivity contribution in [3.8, 4) is 0 Å². The maximum Gasteiger partial charge on any atom is 0.254 e. The Labute approximate surface area is 180 Å². The Kier molecular flexibility index (Phi) is 7.16. The molecule has 0 radical (unpaired) electrons. The van der Waals surface area contributed by atoms with Crippen LogP contribution in [-0.2, 0) is 19.0 Å². The van der Waals surface area contributed by atoms with Crippen LogP contribution in [0.4, 0.5) is 4.39 Å². The van der Waals surface area contributed by atoms with E-state index in [9.17, 15) is 19.1 Å². The number of amides is 2. The van der Waals surface area contributed by atoms with Gasteiger partial charge >= 0.3 is 0 Å². The van der Waals surface area contributed by atoms with Gasteiger partial charge in [-0.1, -0.05) is 0 Å². The molecule has 0 spiro atoms. The first-order chi connectivity index (χ1) is 15.0. The minimum Gasteiger partial charge on any atom is -0.389 e. The van der Waals surface area contributed by atoms with E-state index in [0.717, 1.165) is 0 Å². The van der Waals surface area contributed by atoms with Crippen LogP contribution in [0.15, 0.2) is 24.3 Å². The molecular formula is C22H29FN2O6. The number of aliphatic hydroxyl groups is 1. The fraction of sp³-hybridized carbons (Fsp3) is 0.636. The molecule has 1 aromatic rings. The van der Waals surface area contributed by atoms with Crippen molar-refractivity contribution < 1.29 is 33.3 Å². The second-order valence-corrected chi connectivity index (χ2v) is 8.29. The zero-order valence-electron chi connectivity index (χ0n) is 17.5. The lowest BCUT2D eigenvalue weighted by molar-refractivity contribution is -0.156. The zero-order valence-corrected chi connectivity index (χ0v) is 17.5. The Balaban J connectivity index is 1.44. The molecule has 31 heavy (non-hydrogen) atoms. The number of fused-ring (bicyclic) bond motifs is 1. The van der Waals surface area contributed by atoms with Crippen LogP contribution in [-0.4, -0.2) is 97.1 Å². The predicted molar refractivity (Wildman–Crippen MR) is 108 cm³/mol. The van der Waals surface area contributed by atoms with E-state index < -0.39 is 18.0 Å². The fourth-order valence-electron chi connectivity index (χ4n) is 4.47. The number of β-amino-alcohol motifs (C(OH)–C–C–N with tert-alkyl or cyclic N) is 1. The standard InChI is InChI=1S/C22H29FN2O6/c23-16-3-1-15(2-4-16)22(28)25-12-17(26)13-30-14-20-19(25)6-5-18(31-20)11-21(27)24-7-9-29-10-8-24/h1-4,17-20,26H,5-14H2/t17-,18+,19-,20+/m0/s1. The van der Waals surface area contributed by atoms with Gasteiger partial charge in [0.25, 0.3) is 5.91 Å². The third-order valence-corrected chi connectivity index (χ3v) is 6.10. The summed E-state index contributed by atoms with van der Waals surface area (Å²) in [5.41, 5.74) is 0.360. The number of nitrogens with zero attached hydrogens (tertiary/aromatic N) is 2. The van der Waals surface area contributed by atoms with E-state index in [1.54, 1.807) is 9.80 Å². The predicted octanol–water partition coefficient (Wildman–Crippen LogP) is 0.824. The van der Waals surface area contributed by atoms with E-state index in [4.69, 9.17) is 14.2 Å². The number of carbonyl (C=O) groups is 2. The fourth-order valence-corrected chi connectivity index (χ4v) is 4.47. The minimum atomic E-state index is -0.814. The highest BCUT2D eigenvalue weighted by Gasteiger charge is 2.40. The molecule has 4 rings (SSSR count). The molecule has 2 amide bonds. The lowest BCUT2D eigenvalue weighted by Crippen LogP contribution is -2.57. The Bertz CT molecular complexity index is 770. The van der Waals surface area contributed by atoms with Crippen molar-refractivity contribution in [2.45, 2.75) is 43.6 Å². The summed E-state index contributed by atoms with van der Waals surface area (Å²) in [6, 6.07) is 5.10. The number of halogens is 1. The number of benzene rings is 1. The van der Waals surface area contributed by atoms with Crippen molar-refractivity contribution in [3.63, 3.8) is 0 Å². The molecule has 0 saturated carbocycles. The average molecular weight is 436 g/mol. The molecule has 0 bridgehead atoms. The molecule has 1 N–H and O–H groups in total. The summed E-state index contributed by atoms with van der Waals surface area (Å²) in [6.07, 6.45) is 0.0963. The summed E-state index contributed by atoms with van der Waals surface area (Å²) in [5, 5.41) is 10.2. The van der Waals surface area contributed by atoms with Crippen LogP contribution >= 0.6 is 0 Å². The van der Waals surface area contributed by atoms with Crippen LogP contribution in [0.1, 0.15) is 29.6 Å². The molecule has 3 aliphatic heterocycles. The van der Waals surface area contributed by atoms with Crippen molar-refractivity contribution in [2.75, 3.05) is 46.1 Å². The van der Waals surface area contributed by atoms with Crippen molar-refractivity contribution in [1.29, 1.82) is 0 Å². The van der Waals surface area contributed by atoms with Crippen LogP contribution in [0.2, 0.25) is 0 Å². The van der Waals surface area contributed by atoms with E-state index >= 15 is 0 Å². The van der Waals surface area contributed by atoms with Crippen molar-refractivity contribution >= 4 is 11.8 Å². The van der Waals surface area contributed by atoms with Crippen LogP contribution in [0.25, 0.3) is 0 Å². The summed E-state index contributed by atoms with van der Waals surface area (Å²) in [5.74, 6) is -0.639. The molecule has 3 heterocycles. The maximum absolute atomic E-state index is 13.3. The molecule has 0 aromatic heterocycles. The van der Waals surface area contributed by atoms with E-state index in [1.807, 2.05) is 0 Å². The molecule has 3 fully saturated rings. The molecule has 3 aliphatic rings. The van der Waals surface area contributed by atoms with Gasteiger partial charge in [-0.15, -0.1) is 0 Å². The number of hydrogen-bond donors (Lipinski definition) is 1. The van der Waals surface area contributed by atoms with Gasteiger partial charge in [-0.3, -0.25) is 9.59 Å². The maximum atomic E-state index is 13.3. The Morgan fingerprint density at radius 2 is 1.81 bits per heavy atom. The number of hydrogen-bond acceptors (Lipinski definition) is 6. The van der Waals surface area contributed by atoms with E-state index in [1.165, 1.54) is 24.3 Å². The molecule has 0 unspecified atom stereocenters. The Morgan fingerprint density at radius 3 is 2.55 bits per heavy atom. The normalized spacial score (nSPS) is 29.6. The molecule has 8 nitrogen and oxygen atoms in total. The highest BCUT2D eigenvalue weighted by Crippen LogP contribution is 2.29.